The highest BCUT2D eigenvalue weighted by Gasteiger charge is 2.56. The molecule has 6 nitrogen and oxygen atoms in total. The van der Waals surface area contributed by atoms with E-state index >= 15 is 0 Å². The molecule has 0 saturated carbocycles. The summed E-state index contributed by atoms with van der Waals surface area (Å²) >= 11 is 0. The smallest absolute Gasteiger partial charge is 0.338 e. The Morgan fingerprint density at radius 2 is 2.08 bits per heavy atom. The van der Waals surface area contributed by atoms with Crippen molar-refractivity contribution in [3.8, 4) is 0 Å². The number of esters is 1. The van der Waals surface area contributed by atoms with Crippen LogP contribution in [0.1, 0.15) is 0 Å². The zero-order valence-electron chi connectivity index (χ0n) is 6.91. The molecule has 0 aromatic carbocycles. The van der Waals surface area contributed by atoms with Crippen molar-refractivity contribution in [2.24, 2.45) is 0 Å². The third kappa shape index (κ3) is 1.14. The van der Waals surface area contributed by atoms with Crippen molar-refractivity contribution in [3.63, 3.8) is 0 Å². The van der Waals surface area contributed by atoms with E-state index < -0.39 is 36.7 Å². The predicted octanol–water partition coefficient (Wildman–Crippen LogP) is -2.00. The maximum absolute atomic E-state index is 11.0. The van der Waals surface area contributed by atoms with E-state index in [1.54, 1.807) is 0 Å². The second-order valence-corrected chi connectivity index (χ2v) is 3.04. The van der Waals surface area contributed by atoms with Gasteiger partial charge in [0.15, 0.2) is 18.5 Å². The van der Waals surface area contributed by atoms with Crippen molar-refractivity contribution < 1.29 is 29.2 Å². The van der Waals surface area contributed by atoms with Crippen LogP contribution in [0.3, 0.4) is 0 Å². The van der Waals surface area contributed by atoms with E-state index in [0.717, 1.165) is 0 Å². The first-order valence-corrected chi connectivity index (χ1v) is 3.90. The molecule has 2 N–H and O–H groups in total. The van der Waals surface area contributed by atoms with E-state index in [2.05, 4.69) is 0 Å². The third-order valence-electron chi connectivity index (χ3n) is 2.26. The van der Waals surface area contributed by atoms with Gasteiger partial charge in [-0.05, 0) is 0 Å². The Kier molecular flexibility index (Phi) is 1.99. The Morgan fingerprint density at radius 3 is 2.69 bits per heavy atom. The Morgan fingerprint density at radius 1 is 1.38 bits per heavy atom. The van der Waals surface area contributed by atoms with Crippen LogP contribution in [0.15, 0.2) is 0 Å². The average Bonchev–Trinajstić information content (AvgIpc) is 2.30. The minimum atomic E-state index is -1.14. The fourth-order valence-corrected chi connectivity index (χ4v) is 1.57. The Bertz CT molecular complexity index is 229. The molecule has 2 aliphatic heterocycles. The zero-order valence-corrected chi connectivity index (χ0v) is 6.91. The molecule has 0 amide bonds. The number of fused-ring (bicyclic) bond motifs is 2. The van der Waals surface area contributed by atoms with Gasteiger partial charge in [0, 0.05) is 7.11 Å². The first-order chi connectivity index (χ1) is 6.15. The zero-order chi connectivity index (χ0) is 9.59. The summed E-state index contributed by atoms with van der Waals surface area (Å²) in [5, 5.41) is 18.8. The van der Waals surface area contributed by atoms with Gasteiger partial charge in [-0.2, -0.15) is 0 Å². The van der Waals surface area contributed by atoms with Gasteiger partial charge in [-0.15, -0.1) is 0 Å². The molecular formula is C7H10O6. The summed E-state index contributed by atoms with van der Waals surface area (Å²) in [5.41, 5.74) is 0. The minimum Gasteiger partial charge on any atom is -0.454 e. The number of aliphatic hydroxyl groups excluding tert-OH is 2. The molecule has 0 radical (unpaired) electrons. The lowest BCUT2D eigenvalue weighted by molar-refractivity contribution is -0.252. The van der Waals surface area contributed by atoms with Crippen molar-refractivity contribution in [2.45, 2.75) is 30.7 Å². The molecule has 2 heterocycles. The average molecular weight is 190 g/mol. The predicted molar refractivity (Wildman–Crippen MR) is 37.6 cm³/mol. The van der Waals surface area contributed by atoms with Gasteiger partial charge in [0.2, 0.25) is 0 Å². The molecule has 2 fully saturated rings. The van der Waals surface area contributed by atoms with Crippen molar-refractivity contribution in [3.05, 3.63) is 0 Å². The van der Waals surface area contributed by atoms with Gasteiger partial charge in [0.05, 0.1) is 0 Å². The van der Waals surface area contributed by atoms with Crippen molar-refractivity contribution in [2.75, 3.05) is 7.11 Å². The molecule has 2 saturated heterocycles. The summed E-state index contributed by atoms with van der Waals surface area (Å²) in [4.78, 5) is 11.0. The van der Waals surface area contributed by atoms with Gasteiger partial charge < -0.3 is 24.4 Å². The highest BCUT2D eigenvalue weighted by molar-refractivity contribution is 5.78. The second-order valence-electron chi connectivity index (χ2n) is 3.04. The van der Waals surface area contributed by atoms with Crippen LogP contribution in [0.5, 0.6) is 0 Å². The standard InChI is InChI=1S/C7H10O6/c1-11-7-3(9)4-2(8)5(13-7)6(10)12-4/h2-5,7-9H,1H3/t2-,3-,4-,5-,7-/m0/s1. The van der Waals surface area contributed by atoms with Gasteiger partial charge in [-0.1, -0.05) is 0 Å². The summed E-state index contributed by atoms with van der Waals surface area (Å²) in [5.74, 6) is -0.656. The Hall–Kier alpha value is -0.690. The largest absolute Gasteiger partial charge is 0.454 e. The molecule has 0 aromatic rings. The monoisotopic (exact) mass is 190 g/mol. The molecule has 6 heteroatoms. The van der Waals surface area contributed by atoms with Crippen LogP contribution < -0.4 is 0 Å². The normalized spacial score (nSPS) is 49.2. The fourth-order valence-electron chi connectivity index (χ4n) is 1.57. The summed E-state index contributed by atoms with van der Waals surface area (Å²) < 4.78 is 14.4. The number of aliphatic hydroxyl groups is 2. The van der Waals surface area contributed by atoms with Gasteiger partial charge in [-0.3, -0.25) is 0 Å². The minimum absolute atomic E-state index is 0.656. The molecule has 5 atom stereocenters. The lowest BCUT2D eigenvalue weighted by Crippen LogP contribution is -2.53. The summed E-state index contributed by atoms with van der Waals surface area (Å²) in [6.45, 7) is 0. The molecular weight excluding hydrogens is 180 g/mol. The Labute approximate surface area is 74.0 Å². The van der Waals surface area contributed by atoms with E-state index in [1.807, 2.05) is 0 Å². The number of ether oxygens (including phenoxy) is 3. The molecule has 2 aliphatic rings. The van der Waals surface area contributed by atoms with Crippen molar-refractivity contribution in [1.82, 2.24) is 0 Å². The van der Waals surface area contributed by atoms with E-state index in [9.17, 15) is 15.0 Å². The van der Waals surface area contributed by atoms with Crippen molar-refractivity contribution >= 4 is 5.97 Å². The van der Waals surface area contributed by atoms with Crippen LogP contribution in [0, 0.1) is 0 Å². The first kappa shape index (κ1) is 8.89. The van der Waals surface area contributed by atoms with Gasteiger partial charge in [-0.25, -0.2) is 4.79 Å². The summed E-state index contributed by atoms with van der Waals surface area (Å²) in [6, 6.07) is 0. The Balaban J connectivity index is 2.21. The first-order valence-electron chi connectivity index (χ1n) is 3.90. The topological polar surface area (TPSA) is 85.2 Å². The number of carbonyl (C=O) groups is 1. The lowest BCUT2D eigenvalue weighted by Gasteiger charge is -2.32. The lowest BCUT2D eigenvalue weighted by atomic mass is 10.0. The van der Waals surface area contributed by atoms with E-state index in [4.69, 9.17) is 14.2 Å². The quantitative estimate of drug-likeness (QED) is 0.465. The number of rotatable bonds is 1. The molecule has 13 heavy (non-hydrogen) atoms. The summed E-state index contributed by atoms with van der Waals surface area (Å²) in [6.07, 6.45) is -5.11. The van der Waals surface area contributed by atoms with Crippen LogP contribution in [0.25, 0.3) is 0 Å². The second kappa shape index (κ2) is 2.91. The van der Waals surface area contributed by atoms with E-state index in [1.165, 1.54) is 7.11 Å². The maximum Gasteiger partial charge on any atom is 0.338 e. The van der Waals surface area contributed by atoms with Gasteiger partial charge in [0.25, 0.3) is 0 Å². The van der Waals surface area contributed by atoms with Crippen LogP contribution in [0.4, 0.5) is 0 Å². The molecule has 2 rings (SSSR count). The van der Waals surface area contributed by atoms with E-state index in [0.29, 0.717) is 0 Å². The molecule has 0 spiro atoms. The van der Waals surface area contributed by atoms with E-state index in [-0.39, 0.29) is 0 Å². The maximum atomic E-state index is 11.0. The van der Waals surface area contributed by atoms with Crippen molar-refractivity contribution in [1.29, 1.82) is 0 Å². The van der Waals surface area contributed by atoms with Gasteiger partial charge >= 0.3 is 5.97 Å². The fraction of sp³-hybridized carbons (Fsp3) is 0.857. The summed E-state index contributed by atoms with van der Waals surface area (Å²) in [7, 11) is 1.34. The molecule has 2 bridgehead atoms. The van der Waals surface area contributed by atoms with Crippen LogP contribution >= 0.6 is 0 Å². The molecule has 74 valence electrons. The number of hydrogen-bond acceptors (Lipinski definition) is 6. The number of carbonyl (C=O) groups excluding carboxylic acids is 1. The number of hydrogen-bond donors (Lipinski definition) is 2. The third-order valence-corrected chi connectivity index (χ3v) is 2.26. The highest BCUT2D eigenvalue weighted by atomic mass is 16.7. The molecule has 0 aromatic heterocycles. The van der Waals surface area contributed by atoms with Crippen LogP contribution in [-0.4, -0.2) is 54.0 Å². The van der Waals surface area contributed by atoms with Crippen LogP contribution in [-0.2, 0) is 19.0 Å². The highest BCUT2D eigenvalue weighted by Crippen LogP contribution is 2.30. The van der Waals surface area contributed by atoms with Gasteiger partial charge in [0.1, 0.15) is 12.2 Å². The SMILES string of the molecule is CO[C@H]1O[C@@H]2C(=O)O[C@H]([C@@H]1O)[C@@H]2O. The van der Waals surface area contributed by atoms with Crippen LogP contribution in [0.2, 0.25) is 0 Å². The molecule has 0 unspecified atom stereocenters. The number of methoxy groups -OCH3 is 1. The molecule has 0 aliphatic carbocycles.